The number of carbonyl (C=O) groups excluding carboxylic acids is 1. The second-order valence-electron chi connectivity index (χ2n) is 6.76. The van der Waals surface area contributed by atoms with Crippen LogP contribution in [-0.4, -0.2) is 43.9 Å². The van der Waals surface area contributed by atoms with Gasteiger partial charge in [-0.05, 0) is 19.4 Å². The van der Waals surface area contributed by atoms with Gasteiger partial charge in [-0.1, -0.05) is 19.9 Å². The number of carbonyl (C=O) groups is 1. The summed E-state index contributed by atoms with van der Waals surface area (Å²) in [5, 5.41) is 5.97. The van der Waals surface area contributed by atoms with Gasteiger partial charge >= 0.3 is 6.03 Å². The molecule has 0 saturated heterocycles. The lowest BCUT2D eigenvalue weighted by molar-refractivity contribution is -0.110. The van der Waals surface area contributed by atoms with Crippen molar-refractivity contribution < 1.29 is 9.53 Å². The first kappa shape index (κ1) is 17.5. The number of aromatic nitrogens is 1. The van der Waals surface area contributed by atoms with Crippen molar-refractivity contribution in [2.24, 2.45) is 5.41 Å². The van der Waals surface area contributed by atoms with Gasteiger partial charge in [0, 0.05) is 50.5 Å². The summed E-state index contributed by atoms with van der Waals surface area (Å²) in [6, 6.07) is 3.85. The third-order valence-corrected chi connectivity index (χ3v) is 4.58. The number of amides is 2. The van der Waals surface area contributed by atoms with Crippen LogP contribution in [0.1, 0.15) is 32.8 Å². The second kappa shape index (κ2) is 7.17. The Morgan fingerprint density at radius 3 is 2.83 bits per heavy atom. The maximum absolute atomic E-state index is 12.2. The van der Waals surface area contributed by atoms with E-state index in [-0.39, 0.29) is 23.6 Å². The van der Waals surface area contributed by atoms with E-state index in [0.29, 0.717) is 13.2 Å². The van der Waals surface area contributed by atoms with Gasteiger partial charge in [-0.15, -0.1) is 0 Å². The summed E-state index contributed by atoms with van der Waals surface area (Å²) in [6.07, 6.45) is 2.84. The molecule has 2 atom stereocenters. The molecule has 1 aliphatic rings. The first-order valence-corrected chi connectivity index (χ1v) is 8.13. The van der Waals surface area contributed by atoms with Crippen molar-refractivity contribution in [3.8, 4) is 0 Å². The van der Waals surface area contributed by atoms with E-state index in [1.807, 2.05) is 38.1 Å². The molecule has 2 unspecified atom stereocenters. The molecule has 2 amide bonds. The van der Waals surface area contributed by atoms with Gasteiger partial charge in [-0.3, -0.25) is 0 Å². The third kappa shape index (κ3) is 3.93. The lowest BCUT2D eigenvalue weighted by Gasteiger charge is -2.51. The van der Waals surface area contributed by atoms with Crippen molar-refractivity contribution in [2.75, 3.05) is 25.6 Å². The molecular formula is C17H28N4O2. The normalized spacial score (nSPS) is 22.1. The molecule has 23 heavy (non-hydrogen) atoms. The minimum atomic E-state index is -0.147. The van der Waals surface area contributed by atoms with Crippen LogP contribution in [-0.2, 0) is 11.3 Å². The van der Waals surface area contributed by atoms with Crippen LogP contribution in [0, 0.1) is 5.41 Å². The minimum Gasteiger partial charge on any atom is -0.378 e. The molecule has 128 valence electrons. The largest absolute Gasteiger partial charge is 0.378 e. The van der Waals surface area contributed by atoms with Crippen molar-refractivity contribution in [1.82, 2.24) is 15.6 Å². The second-order valence-corrected chi connectivity index (χ2v) is 6.76. The Kier molecular flexibility index (Phi) is 5.46. The maximum atomic E-state index is 12.2. The van der Waals surface area contributed by atoms with E-state index in [1.165, 1.54) is 0 Å². The fourth-order valence-electron chi connectivity index (χ4n) is 2.97. The topological polar surface area (TPSA) is 66.5 Å². The number of nitrogens with zero attached hydrogens (tertiary/aromatic N) is 2. The molecule has 1 saturated carbocycles. The molecule has 6 heteroatoms. The number of rotatable bonds is 6. The van der Waals surface area contributed by atoms with Crippen molar-refractivity contribution >= 4 is 11.8 Å². The van der Waals surface area contributed by atoms with Crippen LogP contribution in [0.5, 0.6) is 0 Å². The molecule has 6 nitrogen and oxygen atoms in total. The highest BCUT2D eigenvalue weighted by Gasteiger charge is 2.49. The number of pyridine rings is 1. The van der Waals surface area contributed by atoms with Crippen LogP contribution in [0.3, 0.4) is 0 Å². The highest BCUT2D eigenvalue weighted by molar-refractivity contribution is 5.74. The number of hydrogen-bond acceptors (Lipinski definition) is 4. The monoisotopic (exact) mass is 320 g/mol. The Morgan fingerprint density at radius 1 is 1.48 bits per heavy atom. The molecule has 2 rings (SSSR count). The Hall–Kier alpha value is -1.82. The molecule has 1 heterocycles. The summed E-state index contributed by atoms with van der Waals surface area (Å²) in [5.41, 5.74) is 0.962. The first-order chi connectivity index (χ1) is 10.9. The van der Waals surface area contributed by atoms with Gasteiger partial charge in [0.25, 0.3) is 0 Å². The van der Waals surface area contributed by atoms with Gasteiger partial charge in [-0.25, -0.2) is 9.78 Å². The fraction of sp³-hybridized carbons (Fsp3) is 0.647. The summed E-state index contributed by atoms with van der Waals surface area (Å²) >= 11 is 0. The van der Waals surface area contributed by atoms with E-state index >= 15 is 0 Å². The number of urea groups is 1. The average Bonchev–Trinajstić information content (AvgIpc) is 2.52. The number of hydrogen-bond donors (Lipinski definition) is 2. The Bertz CT molecular complexity index is 545. The van der Waals surface area contributed by atoms with Gasteiger partial charge < -0.3 is 20.3 Å². The maximum Gasteiger partial charge on any atom is 0.315 e. The van der Waals surface area contributed by atoms with Crippen LogP contribution >= 0.6 is 0 Å². The summed E-state index contributed by atoms with van der Waals surface area (Å²) in [5.74, 6) is 0.869. The highest BCUT2D eigenvalue weighted by atomic mass is 16.5. The number of anilines is 1. The van der Waals surface area contributed by atoms with Crippen LogP contribution in [0.2, 0.25) is 0 Å². The van der Waals surface area contributed by atoms with E-state index in [2.05, 4.69) is 29.5 Å². The smallest absolute Gasteiger partial charge is 0.315 e. The number of ether oxygens (including phenoxy) is 1. The van der Waals surface area contributed by atoms with Crippen LogP contribution in [0.4, 0.5) is 10.6 Å². The third-order valence-electron chi connectivity index (χ3n) is 4.58. The standard InChI is InChI=1S/C17H28N4O2/c1-6-23-14-10-13(17(14,2)3)20-16(22)19-11-12-8-7-9-18-15(12)21(4)5/h7-9,13-14H,6,10-11H2,1-5H3,(H2,19,20,22). The zero-order valence-corrected chi connectivity index (χ0v) is 14.7. The molecule has 0 bridgehead atoms. The van der Waals surface area contributed by atoms with E-state index < -0.39 is 0 Å². The quantitative estimate of drug-likeness (QED) is 0.843. The molecular weight excluding hydrogens is 292 g/mol. The van der Waals surface area contributed by atoms with Crippen molar-refractivity contribution in [1.29, 1.82) is 0 Å². The van der Waals surface area contributed by atoms with Crippen molar-refractivity contribution in [3.63, 3.8) is 0 Å². The van der Waals surface area contributed by atoms with Crippen LogP contribution in [0.15, 0.2) is 18.3 Å². The van der Waals surface area contributed by atoms with Crippen LogP contribution in [0.25, 0.3) is 0 Å². The Labute approximate surface area is 138 Å². The van der Waals surface area contributed by atoms with Gasteiger partial charge in [0.05, 0.1) is 6.10 Å². The molecule has 0 aromatic carbocycles. The van der Waals surface area contributed by atoms with Crippen LogP contribution < -0.4 is 15.5 Å². The Morgan fingerprint density at radius 2 is 2.22 bits per heavy atom. The minimum absolute atomic E-state index is 0.0313. The first-order valence-electron chi connectivity index (χ1n) is 8.13. The molecule has 2 N–H and O–H groups in total. The van der Waals surface area contributed by atoms with Gasteiger partial charge in [-0.2, -0.15) is 0 Å². The predicted molar refractivity (Wildman–Crippen MR) is 91.5 cm³/mol. The zero-order valence-electron chi connectivity index (χ0n) is 14.7. The molecule has 1 aliphatic carbocycles. The zero-order chi connectivity index (χ0) is 17.0. The lowest BCUT2D eigenvalue weighted by Crippen LogP contribution is -2.63. The molecule has 0 spiro atoms. The highest BCUT2D eigenvalue weighted by Crippen LogP contribution is 2.42. The molecule has 0 aliphatic heterocycles. The molecule has 1 fully saturated rings. The van der Waals surface area contributed by atoms with E-state index in [0.717, 1.165) is 17.8 Å². The summed E-state index contributed by atoms with van der Waals surface area (Å²) in [4.78, 5) is 18.4. The molecule has 0 radical (unpaired) electrons. The Balaban J connectivity index is 1.85. The molecule has 1 aromatic rings. The van der Waals surface area contributed by atoms with E-state index in [9.17, 15) is 4.79 Å². The van der Waals surface area contributed by atoms with Crippen molar-refractivity contribution in [3.05, 3.63) is 23.9 Å². The number of nitrogens with one attached hydrogen (secondary N) is 2. The summed E-state index contributed by atoms with van der Waals surface area (Å²) in [6.45, 7) is 7.43. The molecule has 1 aromatic heterocycles. The average molecular weight is 320 g/mol. The van der Waals surface area contributed by atoms with Crippen molar-refractivity contribution in [2.45, 2.75) is 45.9 Å². The van der Waals surface area contributed by atoms with Gasteiger partial charge in [0.15, 0.2) is 0 Å². The fourth-order valence-corrected chi connectivity index (χ4v) is 2.97. The van der Waals surface area contributed by atoms with Gasteiger partial charge in [0.2, 0.25) is 0 Å². The summed E-state index contributed by atoms with van der Waals surface area (Å²) in [7, 11) is 3.88. The predicted octanol–water partition coefficient (Wildman–Crippen LogP) is 2.15. The van der Waals surface area contributed by atoms with E-state index in [1.54, 1.807) is 6.20 Å². The van der Waals surface area contributed by atoms with Gasteiger partial charge in [0.1, 0.15) is 5.82 Å². The van der Waals surface area contributed by atoms with E-state index in [4.69, 9.17) is 4.74 Å². The summed E-state index contributed by atoms with van der Waals surface area (Å²) < 4.78 is 5.69. The SMILES string of the molecule is CCOC1CC(NC(=O)NCc2cccnc2N(C)C)C1(C)C. The lowest BCUT2D eigenvalue weighted by atomic mass is 9.64.